The molecule has 0 bridgehead atoms. The molecule has 0 aromatic carbocycles. The van der Waals surface area contributed by atoms with Crippen LogP contribution in [0.4, 0.5) is 0 Å². The lowest BCUT2D eigenvalue weighted by atomic mass is 9.84. The molecule has 0 spiro atoms. The third-order valence-corrected chi connectivity index (χ3v) is 5.72. The van der Waals surface area contributed by atoms with Gasteiger partial charge in [0, 0.05) is 6.42 Å². The van der Waals surface area contributed by atoms with Crippen molar-refractivity contribution >= 4 is 5.78 Å². The largest absolute Gasteiger partial charge is 0.295 e. The Morgan fingerprint density at radius 3 is 2.69 bits per heavy atom. The van der Waals surface area contributed by atoms with E-state index in [1.54, 1.807) is 0 Å². The van der Waals surface area contributed by atoms with E-state index in [0.29, 0.717) is 17.1 Å². The van der Waals surface area contributed by atoms with E-state index >= 15 is 0 Å². The van der Waals surface area contributed by atoms with Gasteiger partial charge >= 0.3 is 0 Å². The molecule has 16 heavy (non-hydrogen) atoms. The van der Waals surface area contributed by atoms with Crippen LogP contribution in [0.2, 0.25) is 0 Å². The fourth-order valence-corrected chi connectivity index (χ4v) is 4.50. The molecule has 0 N–H and O–H groups in total. The molecule has 0 aromatic rings. The molecule has 3 aliphatic rings. The number of fused-ring (bicyclic) bond motifs is 3. The average molecular weight is 218 g/mol. The monoisotopic (exact) mass is 218 g/mol. The van der Waals surface area contributed by atoms with Crippen molar-refractivity contribution in [2.45, 2.75) is 47.0 Å². The minimum atomic E-state index is 0.422. The van der Waals surface area contributed by atoms with E-state index in [4.69, 9.17) is 0 Å². The third kappa shape index (κ3) is 1.15. The lowest BCUT2D eigenvalue weighted by molar-refractivity contribution is -0.116. The Hall–Kier alpha value is -0.590. The summed E-state index contributed by atoms with van der Waals surface area (Å²) in [5, 5.41) is 0. The number of allylic oxidation sites excluding steroid dienone is 2. The molecule has 0 amide bonds. The van der Waals surface area contributed by atoms with Crippen molar-refractivity contribution in [3.05, 3.63) is 11.1 Å². The van der Waals surface area contributed by atoms with Gasteiger partial charge in [0.1, 0.15) is 0 Å². The molecule has 0 aliphatic heterocycles. The van der Waals surface area contributed by atoms with Gasteiger partial charge in [0.2, 0.25) is 0 Å². The average Bonchev–Trinajstić information content (AvgIpc) is 2.58. The highest BCUT2D eigenvalue weighted by molar-refractivity contribution is 5.96. The summed E-state index contributed by atoms with van der Waals surface area (Å²) < 4.78 is 0. The van der Waals surface area contributed by atoms with Gasteiger partial charge in [-0.2, -0.15) is 0 Å². The predicted octanol–water partition coefficient (Wildman–Crippen LogP) is 3.59. The van der Waals surface area contributed by atoms with E-state index in [9.17, 15) is 4.79 Å². The molecule has 3 aliphatic carbocycles. The van der Waals surface area contributed by atoms with Crippen LogP contribution in [0.3, 0.4) is 0 Å². The number of hydrogen-bond acceptors (Lipinski definition) is 1. The molecule has 0 radical (unpaired) electrons. The topological polar surface area (TPSA) is 17.1 Å². The van der Waals surface area contributed by atoms with Gasteiger partial charge in [-0.15, -0.1) is 0 Å². The fourth-order valence-electron chi connectivity index (χ4n) is 4.50. The maximum absolute atomic E-state index is 12.1. The molecular weight excluding hydrogens is 196 g/mol. The molecule has 2 fully saturated rings. The predicted molar refractivity (Wildman–Crippen MR) is 65.0 cm³/mol. The Balaban J connectivity index is 2.06. The maximum Gasteiger partial charge on any atom is 0.158 e. The molecule has 2 saturated carbocycles. The third-order valence-electron chi connectivity index (χ3n) is 5.72. The first-order valence-corrected chi connectivity index (χ1v) is 6.67. The van der Waals surface area contributed by atoms with E-state index < -0.39 is 0 Å². The van der Waals surface area contributed by atoms with Crippen LogP contribution in [-0.4, -0.2) is 5.78 Å². The summed E-state index contributed by atoms with van der Waals surface area (Å²) in [6, 6.07) is 0. The van der Waals surface area contributed by atoms with Crippen LogP contribution < -0.4 is 0 Å². The highest BCUT2D eigenvalue weighted by Gasteiger charge is 2.64. The number of hydrogen-bond donors (Lipinski definition) is 0. The normalized spacial score (nSPS) is 45.1. The Labute approximate surface area is 98.3 Å². The molecule has 88 valence electrons. The van der Waals surface area contributed by atoms with E-state index in [2.05, 4.69) is 27.7 Å². The first kappa shape index (κ1) is 10.6. The lowest BCUT2D eigenvalue weighted by Crippen LogP contribution is -2.14. The van der Waals surface area contributed by atoms with Crippen molar-refractivity contribution in [1.82, 2.24) is 0 Å². The molecule has 1 heteroatoms. The van der Waals surface area contributed by atoms with Gasteiger partial charge in [-0.1, -0.05) is 26.3 Å². The second kappa shape index (κ2) is 3.00. The SMILES string of the molecule is CC1=C2CC[C@H](C)[C@@H]2[C@@H]2[C@H](CC1=O)C2(C)C. The zero-order valence-corrected chi connectivity index (χ0v) is 10.8. The molecule has 3 rings (SSSR count). The molecule has 4 atom stereocenters. The van der Waals surface area contributed by atoms with Gasteiger partial charge in [-0.25, -0.2) is 0 Å². The summed E-state index contributed by atoms with van der Waals surface area (Å²) in [5.41, 5.74) is 3.07. The Bertz CT molecular complexity index is 388. The van der Waals surface area contributed by atoms with Crippen LogP contribution in [-0.2, 0) is 4.79 Å². The summed E-state index contributed by atoms with van der Waals surface area (Å²) in [7, 11) is 0. The zero-order valence-electron chi connectivity index (χ0n) is 10.8. The lowest BCUT2D eigenvalue weighted by Gasteiger charge is -2.20. The van der Waals surface area contributed by atoms with Crippen molar-refractivity contribution in [3.8, 4) is 0 Å². The first-order chi connectivity index (χ1) is 7.44. The second-order valence-corrected chi connectivity index (χ2v) is 6.77. The summed E-state index contributed by atoms with van der Waals surface area (Å²) in [6.45, 7) is 9.17. The van der Waals surface area contributed by atoms with Gasteiger partial charge in [0.05, 0.1) is 0 Å². The van der Waals surface area contributed by atoms with Crippen LogP contribution in [0.5, 0.6) is 0 Å². The van der Waals surface area contributed by atoms with E-state index in [-0.39, 0.29) is 0 Å². The summed E-state index contributed by atoms with van der Waals surface area (Å²) in [5.74, 6) is 3.42. The van der Waals surface area contributed by atoms with Crippen molar-refractivity contribution in [2.24, 2.45) is 29.1 Å². The molecule has 0 unspecified atom stereocenters. The standard InChI is InChI=1S/C15H22O/c1-8-5-6-10-9(2)12(16)7-11-14(13(8)10)15(11,3)4/h8,11,13-14H,5-7H2,1-4H3/t8-,11-,13-,14-/m0/s1. The maximum atomic E-state index is 12.1. The van der Waals surface area contributed by atoms with Gasteiger partial charge in [0.25, 0.3) is 0 Å². The molecular formula is C15H22O. The number of carbonyl (C=O) groups is 1. The molecule has 0 aromatic heterocycles. The van der Waals surface area contributed by atoms with Gasteiger partial charge in [0.15, 0.2) is 5.78 Å². The van der Waals surface area contributed by atoms with Crippen molar-refractivity contribution < 1.29 is 4.79 Å². The Kier molecular flexibility index (Phi) is 1.98. The van der Waals surface area contributed by atoms with Crippen LogP contribution in [0.15, 0.2) is 11.1 Å². The molecule has 0 saturated heterocycles. The number of ketones is 1. The van der Waals surface area contributed by atoms with Crippen molar-refractivity contribution in [1.29, 1.82) is 0 Å². The van der Waals surface area contributed by atoms with Crippen LogP contribution in [0, 0.1) is 29.1 Å². The number of Topliss-reactive ketones (excluding diaryl/α,β-unsaturated/α-hetero) is 1. The molecule has 1 nitrogen and oxygen atoms in total. The quantitative estimate of drug-likeness (QED) is 0.607. The first-order valence-electron chi connectivity index (χ1n) is 6.67. The fraction of sp³-hybridized carbons (Fsp3) is 0.800. The van der Waals surface area contributed by atoms with E-state index in [0.717, 1.165) is 29.7 Å². The minimum Gasteiger partial charge on any atom is -0.295 e. The highest BCUT2D eigenvalue weighted by atomic mass is 16.1. The van der Waals surface area contributed by atoms with E-state index in [1.807, 2.05) is 0 Å². The van der Waals surface area contributed by atoms with Gasteiger partial charge in [-0.05, 0) is 54.4 Å². The number of rotatable bonds is 0. The van der Waals surface area contributed by atoms with Gasteiger partial charge in [-0.3, -0.25) is 4.79 Å². The zero-order chi connectivity index (χ0) is 11.7. The summed E-state index contributed by atoms with van der Waals surface area (Å²) in [4.78, 5) is 12.1. The van der Waals surface area contributed by atoms with Crippen LogP contribution >= 0.6 is 0 Å². The van der Waals surface area contributed by atoms with Crippen molar-refractivity contribution in [3.63, 3.8) is 0 Å². The minimum absolute atomic E-state index is 0.422. The smallest absolute Gasteiger partial charge is 0.158 e. The Morgan fingerprint density at radius 1 is 1.31 bits per heavy atom. The summed E-state index contributed by atoms with van der Waals surface area (Å²) in [6.07, 6.45) is 3.29. The molecule has 0 heterocycles. The summed E-state index contributed by atoms with van der Waals surface area (Å²) >= 11 is 0. The highest BCUT2D eigenvalue weighted by Crippen LogP contribution is 2.69. The number of carbonyl (C=O) groups excluding carboxylic acids is 1. The van der Waals surface area contributed by atoms with Crippen molar-refractivity contribution in [2.75, 3.05) is 0 Å². The second-order valence-electron chi connectivity index (χ2n) is 6.77. The van der Waals surface area contributed by atoms with Crippen LogP contribution in [0.25, 0.3) is 0 Å². The Morgan fingerprint density at radius 2 is 2.00 bits per heavy atom. The van der Waals surface area contributed by atoms with Gasteiger partial charge < -0.3 is 0 Å². The van der Waals surface area contributed by atoms with Crippen LogP contribution in [0.1, 0.15) is 47.0 Å². The van der Waals surface area contributed by atoms with E-state index in [1.165, 1.54) is 18.4 Å².